The van der Waals surface area contributed by atoms with Crippen LogP contribution in [0.1, 0.15) is 71.5 Å². The second-order valence-corrected chi connectivity index (χ2v) is 22.5. The van der Waals surface area contributed by atoms with Gasteiger partial charge in [0.2, 0.25) is 0 Å². The Labute approximate surface area is 196 Å². The van der Waals surface area contributed by atoms with E-state index in [-0.39, 0.29) is 11.7 Å². The first-order valence-electron chi connectivity index (χ1n) is 12.3. The Hall–Kier alpha value is -1.41. The zero-order valence-electron chi connectivity index (χ0n) is 20.2. The van der Waals surface area contributed by atoms with Crippen LogP contribution in [-0.4, -0.2) is 58.0 Å². The van der Waals surface area contributed by atoms with Crippen molar-refractivity contribution in [1.29, 1.82) is 0 Å². The van der Waals surface area contributed by atoms with Gasteiger partial charge in [-0.2, -0.15) is 0 Å². The molecule has 0 saturated carbocycles. The number of likely N-dealkylation sites (N-methyl/N-ethyl adjacent to an activating group) is 1. The van der Waals surface area contributed by atoms with Crippen molar-refractivity contribution in [3.05, 3.63) is 30.0 Å². The first-order chi connectivity index (χ1) is 15.4. The summed E-state index contributed by atoms with van der Waals surface area (Å²) in [4.78, 5) is 19.1. The Morgan fingerprint density at radius 3 is 2.22 bits per heavy atom. The molecule has 7 heteroatoms. The van der Waals surface area contributed by atoms with Gasteiger partial charge < -0.3 is 0 Å². The number of carbonyl (C=O) groups is 1. The molecular formula is C25H39N3O3Sn. The molecule has 1 N–H and O–H groups in total. The van der Waals surface area contributed by atoms with Crippen molar-refractivity contribution >= 4 is 28.0 Å². The van der Waals surface area contributed by atoms with Crippen molar-refractivity contribution < 1.29 is 14.4 Å². The molecule has 1 atom stereocenters. The Balaban J connectivity index is 1.95. The van der Waals surface area contributed by atoms with E-state index in [1.165, 1.54) is 60.4 Å². The maximum absolute atomic E-state index is 12.4. The second kappa shape index (κ2) is 11.1. The topological polar surface area (TPSA) is 79.5 Å². The summed E-state index contributed by atoms with van der Waals surface area (Å²) in [5.74, 6) is -0.123. The molecule has 3 rings (SSSR count). The fourth-order valence-corrected chi connectivity index (χ4v) is 20.3. The molecule has 1 saturated heterocycles. The number of likely N-dealkylation sites (tertiary alicyclic amines) is 1. The summed E-state index contributed by atoms with van der Waals surface area (Å²) in [7, 11) is 1.69. The van der Waals surface area contributed by atoms with Crippen LogP contribution in [0.5, 0.6) is 0 Å². The molecule has 0 radical (unpaired) electrons. The number of nitrogens with zero attached hydrogens (tertiary/aromatic N) is 3. The number of pyridine rings is 1. The van der Waals surface area contributed by atoms with Gasteiger partial charge in [-0.1, -0.05) is 0 Å². The van der Waals surface area contributed by atoms with Crippen LogP contribution < -0.4 is 3.71 Å². The third-order valence-corrected chi connectivity index (χ3v) is 22.1. The standard InChI is InChI=1S/C13H12N3O3.3C4H9.Sn/c1-16-7-5-13(18,12(16)17)11-8-10(15-19-11)9-4-2-3-6-14-9;3*1-3-4-2;/h2-4,8,18H,5,7H2,1H3;3*1,3-4H2,2H3;. The van der Waals surface area contributed by atoms with Gasteiger partial charge in [-0.05, 0) is 0 Å². The van der Waals surface area contributed by atoms with E-state index in [1.807, 2.05) is 6.07 Å². The van der Waals surface area contributed by atoms with E-state index in [1.54, 1.807) is 13.1 Å². The molecule has 176 valence electrons. The molecule has 2 aromatic heterocycles. The first-order valence-corrected chi connectivity index (χ1v) is 19.8. The van der Waals surface area contributed by atoms with Gasteiger partial charge in [0.15, 0.2) is 0 Å². The van der Waals surface area contributed by atoms with Crippen molar-refractivity contribution in [2.45, 2.75) is 84.6 Å². The molecule has 1 amide bonds. The van der Waals surface area contributed by atoms with Crippen LogP contribution in [0.15, 0.2) is 28.8 Å². The number of unbranched alkanes of at least 4 members (excludes halogenated alkanes) is 3. The van der Waals surface area contributed by atoms with E-state index in [0.29, 0.717) is 18.7 Å². The van der Waals surface area contributed by atoms with Gasteiger partial charge in [0.25, 0.3) is 0 Å². The molecular weight excluding hydrogens is 509 g/mol. The van der Waals surface area contributed by atoms with Crippen molar-refractivity contribution in [3.63, 3.8) is 0 Å². The fourth-order valence-electron chi connectivity index (χ4n) is 4.85. The molecule has 0 aromatic carbocycles. The summed E-state index contributed by atoms with van der Waals surface area (Å²) in [5.41, 5.74) is -0.242. The Morgan fingerprint density at radius 1 is 1.06 bits per heavy atom. The number of hydrogen-bond acceptors (Lipinski definition) is 5. The summed E-state index contributed by atoms with van der Waals surface area (Å²) >= 11 is -2.66. The summed E-state index contributed by atoms with van der Waals surface area (Å²) in [6.07, 6.45) is 7.85. The summed E-state index contributed by atoms with van der Waals surface area (Å²) in [5, 5.41) is 15.1. The maximum atomic E-state index is 12.4. The third kappa shape index (κ3) is 5.22. The van der Waals surface area contributed by atoms with Gasteiger partial charge >= 0.3 is 197 Å². The molecule has 0 aliphatic carbocycles. The summed E-state index contributed by atoms with van der Waals surface area (Å²) in [6, 6.07) is 8.02. The second-order valence-electron chi connectivity index (χ2n) is 9.41. The monoisotopic (exact) mass is 549 g/mol. The first kappa shape index (κ1) is 25.2. The minimum atomic E-state index is -2.66. The van der Waals surface area contributed by atoms with Gasteiger partial charge in [0, 0.05) is 0 Å². The molecule has 1 fully saturated rings. The number of amides is 1. The number of aromatic nitrogens is 2. The van der Waals surface area contributed by atoms with E-state index < -0.39 is 24.0 Å². The normalized spacial score (nSPS) is 19.2. The molecule has 0 spiro atoms. The van der Waals surface area contributed by atoms with Crippen LogP contribution in [0.2, 0.25) is 13.3 Å². The number of hydrogen-bond donors (Lipinski definition) is 1. The van der Waals surface area contributed by atoms with E-state index in [9.17, 15) is 9.90 Å². The van der Waals surface area contributed by atoms with E-state index in [0.717, 1.165) is 5.69 Å². The van der Waals surface area contributed by atoms with Crippen LogP contribution in [0.4, 0.5) is 0 Å². The average molecular weight is 548 g/mol. The van der Waals surface area contributed by atoms with Gasteiger partial charge in [-0.15, -0.1) is 0 Å². The molecule has 6 nitrogen and oxygen atoms in total. The minimum absolute atomic E-state index is 0.215. The van der Waals surface area contributed by atoms with E-state index >= 15 is 0 Å². The molecule has 3 heterocycles. The van der Waals surface area contributed by atoms with Crippen LogP contribution in [0.3, 0.4) is 0 Å². The summed E-state index contributed by atoms with van der Waals surface area (Å²) < 4.78 is 10.9. The van der Waals surface area contributed by atoms with Crippen LogP contribution in [0, 0.1) is 0 Å². The van der Waals surface area contributed by atoms with Crippen molar-refractivity contribution in [2.24, 2.45) is 0 Å². The molecule has 1 aliphatic rings. The van der Waals surface area contributed by atoms with Gasteiger partial charge in [-0.25, -0.2) is 0 Å². The molecule has 1 unspecified atom stereocenters. The zero-order valence-corrected chi connectivity index (χ0v) is 23.0. The Morgan fingerprint density at radius 2 is 1.69 bits per heavy atom. The Bertz CT molecular complexity index is 878. The van der Waals surface area contributed by atoms with Crippen molar-refractivity contribution in [2.75, 3.05) is 13.6 Å². The van der Waals surface area contributed by atoms with Gasteiger partial charge in [-0.3, -0.25) is 0 Å². The molecule has 2 aromatic rings. The number of rotatable bonds is 12. The number of carbonyl (C=O) groups excluding carboxylic acids is 1. The molecule has 0 bridgehead atoms. The SMILES string of the molecule is CCC[CH2][Sn]([CH2]CCC)([CH2]CCC)[c]1cccc(-c2cc(C3(O)CCN(C)C3=O)on2)n1. The van der Waals surface area contributed by atoms with Crippen LogP contribution >= 0.6 is 0 Å². The quantitative estimate of drug-likeness (QED) is 0.384. The van der Waals surface area contributed by atoms with E-state index in [2.05, 4.69) is 38.1 Å². The Kier molecular flexibility index (Phi) is 8.78. The van der Waals surface area contributed by atoms with Gasteiger partial charge in [0.05, 0.1) is 0 Å². The molecule has 1 aliphatic heterocycles. The number of aliphatic hydroxyl groups is 1. The third-order valence-electron chi connectivity index (χ3n) is 7.01. The zero-order chi connectivity index (χ0) is 23.2. The average Bonchev–Trinajstić information content (AvgIpc) is 3.41. The fraction of sp³-hybridized carbons (Fsp3) is 0.640. The molecule has 32 heavy (non-hydrogen) atoms. The predicted molar refractivity (Wildman–Crippen MR) is 130 cm³/mol. The van der Waals surface area contributed by atoms with E-state index in [4.69, 9.17) is 9.51 Å². The van der Waals surface area contributed by atoms with Gasteiger partial charge in [0.1, 0.15) is 0 Å². The van der Waals surface area contributed by atoms with Crippen LogP contribution in [-0.2, 0) is 10.4 Å². The van der Waals surface area contributed by atoms with Crippen molar-refractivity contribution in [3.8, 4) is 11.4 Å². The summed E-state index contributed by atoms with van der Waals surface area (Å²) in [6.45, 7) is 7.35. The van der Waals surface area contributed by atoms with Crippen molar-refractivity contribution in [1.82, 2.24) is 15.0 Å². The van der Waals surface area contributed by atoms with Crippen LogP contribution in [0.25, 0.3) is 11.4 Å². The predicted octanol–water partition coefficient (Wildman–Crippen LogP) is 4.84.